The van der Waals surface area contributed by atoms with Crippen molar-refractivity contribution in [3.63, 3.8) is 0 Å². The van der Waals surface area contributed by atoms with Gasteiger partial charge in [0.1, 0.15) is 6.26 Å². The summed E-state index contributed by atoms with van der Waals surface area (Å²) in [6.45, 7) is 3.82. The van der Waals surface area contributed by atoms with Crippen molar-refractivity contribution in [3.05, 3.63) is 29.3 Å². The number of anilines is 1. The van der Waals surface area contributed by atoms with Crippen molar-refractivity contribution in [1.29, 1.82) is 0 Å². The van der Waals surface area contributed by atoms with Crippen LogP contribution in [-0.4, -0.2) is 20.8 Å². The minimum atomic E-state index is -0.0738. The Morgan fingerprint density at radius 1 is 1.50 bits per heavy atom. The third kappa shape index (κ3) is 2.58. The van der Waals surface area contributed by atoms with E-state index in [0.29, 0.717) is 18.7 Å². The normalized spacial score (nSPS) is 10.6. The van der Waals surface area contributed by atoms with Crippen LogP contribution in [0.25, 0.3) is 0 Å². The molecule has 0 atom stereocenters. The van der Waals surface area contributed by atoms with Crippen LogP contribution >= 0.6 is 0 Å². The number of aryl methyl sites for hydroxylation is 3. The first-order valence-corrected chi connectivity index (χ1v) is 5.76. The molecule has 1 N–H and O–H groups in total. The second-order valence-electron chi connectivity index (χ2n) is 4.27. The molecule has 0 aromatic carbocycles. The van der Waals surface area contributed by atoms with Gasteiger partial charge in [-0.05, 0) is 25.8 Å². The lowest BCUT2D eigenvalue weighted by atomic mass is 10.1. The summed E-state index contributed by atoms with van der Waals surface area (Å²) in [6.07, 6.45) is 4.37. The number of hydrogen-bond donors (Lipinski definition) is 1. The van der Waals surface area contributed by atoms with E-state index in [9.17, 15) is 4.79 Å². The molecular formula is C12H16N4O2. The zero-order valence-electron chi connectivity index (χ0n) is 10.7. The number of carbonyl (C=O) groups is 1. The Kier molecular flexibility index (Phi) is 3.45. The third-order valence-electron chi connectivity index (χ3n) is 2.96. The van der Waals surface area contributed by atoms with Gasteiger partial charge in [0.25, 0.3) is 0 Å². The fraction of sp³-hybridized carbons (Fsp3) is 0.417. The predicted octanol–water partition coefficient (Wildman–Crippen LogP) is 1.60. The molecule has 0 saturated carbocycles. The number of carbonyl (C=O) groups excluding carboxylic acids is 1. The van der Waals surface area contributed by atoms with Gasteiger partial charge in [0, 0.05) is 24.7 Å². The molecule has 0 radical (unpaired) electrons. The van der Waals surface area contributed by atoms with Crippen molar-refractivity contribution in [2.75, 3.05) is 5.32 Å². The van der Waals surface area contributed by atoms with E-state index in [4.69, 9.17) is 4.52 Å². The lowest BCUT2D eigenvalue weighted by Gasteiger charge is -2.02. The molecule has 0 aliphatic rings. The molecule has 2 aromatic heterocycles. The molecule has 0 fully saturated rings. The largest absolute Gasteiger partial charge is 0.362 e. The molecule has 6 heteroatoms. The zero-order valence-corrected chi connectivity index (χ0v) is 10.7. The molecule has 0 spiro atoms. The van der Waals surface area contributed by atoms with E-state index < -0.39 is 0 Å². The zero-order chi connectivity index (χ0) is 13.1. The summed E-state index contributed by atoms with van der Waals surface area (Å²) in [7, 11) is 1.89. The Labute approximate surface area is 105 Å². The molecule has 2 heterocycles. The van der Waals surface area contributed by atoms with E-state index in [0.717, 1.165) is 16.8 Å². The van der Waals surface area contributed by atoms with Gasteiger partial charge in [0.2, 0.25) is 5.91 Å². The highest BCUT2D eigenvalue weighted by atomic mass is 16.5. The number of rotatable bonds is 4. The van der Waals surface area contributed by atoms with Crippen LogP contribution in [-0.2, 0) is 18.3 Å². The minimum absolute atomic E-state index is 0.0738. The fourth-order valence-corrected chi connectivity index (χ4v) is 1.64. The highest BCUT2D eigenvalue weighted by molar-refractivity contribution is 5.90. The molecule has 0 bridgehead atoms. The number of nitrogens with zero attached hydrogens (tertiary/aromatic N) is 3. The lowest BCUT2D eigenvalue weighted by molar-refractivity contribution is -0.116. The van der Waals surface area contributed by atoms with E-state index in [2.05, 4.69) is 15.6 Å². The van der Waals surface area contributed by atoms with Crippen LogP contribution in [0.15, 0.2) is 17.0 Å². The smallest absolute Gasteiger partial charge is 0.225 e. The maximum Gasteiger partial charge on any atom is 0.225 e. The monoisotopic (exact) mass is 248 g/mol. The molecule has 96 valence electrons. The molecule has 2 rings (SSSR count). The Balaban J connectivity index is 1.89. The van der Waals surface area contributed by atoms with Crippen LogP contribution in [0.4, 0.5) is 5.82 Å². The second-order valence-corrected chi connectivity index (χ2v) is 4.27. The van der Waals surface area contributed by atoms with Crippen LogP contribution in [0.5, 0.6) is 0 Å². The van der Waals surface area contributed by atoms with Gasteiger partial charge in [-0.1, -0.05) is 5.16 Å². The summed E-state index contributed by atoms with van der Waals surface area (Å²) in [5.41, 5.74) is 2.99. The number of aromatic nitrogens is 3. The van der Waals surface area contributed by atoms with Crippen molar-refractivity contribution >= 4 is 11.7 Å². The molecule has 0 saturated heterocycles. The van der Waals surface area contributed by atoms with Gasteiger partial charge in [-0.2, -0.15) is 5.10 Å². The lowest BCUT2D eigenvalue weighted by Crippen LogP contribution is -2.13. The van der Waals surface area contributed by atoms with Gasteiger partial charge in [0.05, 0.1) is 6.20 Å². The van der Waals surface area contributed by atoms with Gasteiger partial charge in [-0.3, -0.25) is 9.48 Å². The molecule has 2 aromatic rings. The van der Waals surface area contributed by atoms with E-state index in [1.54, 1.807) is 10.9 Å². The number of nitrogens with one attached hydrogen (secondary N) is 1. The Morgan fingerprint density at radius 2 is 2.28 bits per heavy atom. The average molecular weight is 248 g/mol. The molecule has 0 aliphatic carbocycles. The van der Waals surface area contributed by atoms with Crippen molar-refractivity contribution in [2.24, 2.45) is 7.05 Å². The van der Waals surface area contributed by atoms with Crippen LogP contribution in [0, 0.1) is 13.8 Å². The van der Waals surface area contributed by atoms with Crippen molar-refractivity contribution in [2.45, 2.75) is 26.7 Å². The van der Waals surface area contributed by atoms with E-state index in [1.165, 1.54) is 6.26 Å². The first kappa shape index (κ1) is 12.3. The summed E-state index contributed by atoms with van der Waals surface area (Å²) in [5.74, 6) is 0.415. The van der Waals surface area contributed by atoms with E-state index >= 15 is 0 Å². The van der Waals surface area contributed by atoms with Gasteiger partial charge < -0.3 is 9.84 Å². The summed E-state index contributed by atoms with van der Waals surface area (Å²) >= 11 is 0. The fourth-order valence-electron chi connectivity index (χ4n) is 1.64. The number of hydrogen-bond acceptors (Lipinski definition) is 4. The Hall–Kier alpha value is -2.11. The molecule has 18 heavy (non-hydrogen) atoms. The molecule has 6 nitrogen and oxygen atoms in total. The highest BCUT2D eigenvalue weighted by Crippen LogP contribution is 2.12. The molecule has 0 unspecified atom stereocenters. The topological polar surface area (TPSA) is 73.0 Å². The van der Waals surface area contributed by atoms with Gasteiger partial charge in [-0.25, -0.2) is 0 Å². The predicted molar refractivity (Wildman–Crippen MR) is 66.1 cm³/mol. The second kappa shape index (κ2) is 5.03. The first-order valence-electron chi connectivity index (χ1n) is 5.76. The number of amides is 1. The van der Waals surface area contributed by atoms with Crippen LogP contribution < -0.4 is 5.32 Å². The van der Waals surface area contributed by atoms with Gasteiger partial charge in [0.15, 0.2) is 5.82 Å². The highest BCUT2D eigenvalue weighted by Gasteiger charge is 2.10. The molecular weight excluding hydrogens is 232 g/mol. The SMILES string of the molecule is Cc1conc1NC(=O)CCc1cnn(C)c1C. The first-order chi connectivity index (χ1) is 8.58. The van der Waals surface area contributed by atoms with E-state index in [-0.39, 0.29) is 5.91 Å². The summed E-state index contributed by atoms with van der Waals surface area (Å²) in [6, 6.07) is 0. The van der Waals surface area contributed by atoms with Crippen molar-refractivity contribution in [1.82, 2.24) is 14.9 Å². The van der Waals surface area contributed by atoms with E-state index in [1.807, 2.05) is 20.9 Å². The maximum atomic E-state index is 11.7. The van der Waals surface area contributed by atoms with Gasteiger partial charge in [-0.15, -0.1) is 0 Å². The Morgan fingerprint density at radius 3 is 2.83 bits per heavy atom. The summed E-state index contributed by atoms with van der Waals surface area (Å²) < 4.78 is 6.55. The standard InChI is InChI=1S/C12H16N4O2/c1-8-7-18-15-12(8)14-11(17)5-4-10-6-13-16(3)9(10)2/h6-7H,4-5H2,1-3H3,(H,14,15,17). The molecule has 0 aliphatic heterocycles. The summed E-state index contributed by atoms with van der Waals surface area (Å²) in [5, 5.41) is 10.6. The Bertz CT molecular complexity index is 556. The van der Waals surface area contributed by atoms with Crippen molar-refractivity contribution < 1.29 is 9.32 Å². The van der Waals surface area contributed by atoms with Crippen LogP contribution in [0.2, 0.25) is 0 Å². The maximum absolute atomic E-state index is 11.7. The van der Waals surface area contributed by atoms with Crippen LogP contribution in [0.3, 0.4) is 0 Å². The molecule has 1 amide bonds. The van der Waals surface area contributed by atoms with Crippen molar-refractivity contribution in [3.8, 4) is 0 Å². The average Bonchev–Trinajstić information content (AvgIpc) is 2.86. The summed E-state index contributed by atoms with van der Waals surface area (Å²) in [4.78, 5) is 11.7. The quantitative estimate of drug-likeness (QED) is 0.891. The minimum Gasteiger partial charge on any atom is -0.362 e. The van der Waals surface area contributed by atoms with Gasteiger partial charge >= 0.3 is 0 Å². The third-order valence-corrected chi connectivity index (χ3v) is 2.96. The van der Waals surface area contributed by atoms with Crippen LogP contribution in [0.1, 0.15) is 23.2 Å².